The number of benzene rings is 1. The lowest BCUT2D eigenvalue weighted by Crippen LogP contribution is -2.41. The van der Waals surface area contributed by atoms with Crippen LogP contribution in [-0.4, -0.2) is 40.5 Å². The average Bonchev–Trinajstić information content (AvgIpc) is 2.91. The molecule has 22 heavy (non-hydrogen) atoms. The van der Waals surface area contributed by atoms with Crippen molar-refractivity contribution in [3.63, 3.8) is 0 Å². The molecule has 0 amide bonds. The van der Waals surface area contributed by atoms with Gasteiger partial charge in [0.2, 0.25) is 0 Å². The first-order chi connectivity index (χ1) is 10.4. The van der Waals surface area contributed by atoms with Crippen LogP contribution in [0.2, 0.25) is 0 Å². The lowest BCUT2D eigenvalue weighted by atomic mass is 10.1. The predicted octanol–water partition coefficient (Wildman–Crippen LogP) is 0.179. The second kappa shape index (κ2) is 6.67. The molecule has 0 bridgehead atoms. The van der Waals surface area contributed by atoms with Gasteiger partial charge in [-0.3, -0.25) is 4.79 Å². The molecule has 1 aromatic heterocycles. The lowest BCUT2D eigenvalue weighted by Gasteiger charge is -2.14. The topological polar surface area (TPSA) is 114 Å². The molecular weight excluding hydrogens is 308 g/mol. The van der Waals surface area contributed by atoms with Crippen molar-refractivity contribution in [3.05, 3.63) is 42.1 Å². The van der Waals surface area contributed by atoms with E-state index in [1.165, 1.54) is 7.05 Å². The molecule has 2 aromatic rings. The Morgan fingerprint density at radius 2 is 2.05 bits per heavy atom. The van der Waals surface area contributed by atoms with Gasteiger partial charge >= 0.3 is 5.97 Å². The molecule has 118 valence electrons. The molecule has 0 aliphatic heterocycles. The van der Waals surface area contributed by atoms with Gasteiger partial charge in [-0.2, -0.15) is 4.72 Å². The Hall–Kier alpha value is -2.26. The van der Waals surface area contributed by atoms with Crippen LogP contribution >= 0.6 is 0 Å². The summed E-state index contributed by atoms with van der Waals surface area (Å²) < 4.78 is 27.6. The normalized spacial score (nSPS) is 13.0. The van der Waals surface area contributed by atoms with E-state index in [1.54, 1.807) is 0 Å². The SMILES string of the molecule is Cn1nncc1S(=O)(=O)N[C@@H](CCc1ccccc1)C(=O)O. The predicted molar refractivity (Wildman–Crippen MR) is 77.5 cm³/mol. The van der Waals surface area contributed by atoms with Crippen LogP contribution in [0.5, 0.6) is 0 Å². The Bertz CT molecular complexity index is 742. The van der Waals surface area contributed by atoms with E-state index in [0.29, 0.717) is 6.42 Å². The van der Waals surface area contributed by atoms with Gasteiger partial charge in [-0.1, -0.05) is 35.5 Å². The highest BCUT2D eigenvalue weighted by Crippen LogP contribution is 2.10. The van der Waals surface area contributed by atoms with E-state index in [-0.39, 0.29) is 11.4 Å². The van der Waals surface area contributed by atoms with Gasteiger partial charge in [-0.05, 0) is 18.4 Å². The van der Waals surface area contributed by atoms with Gasteiger partial charge in [0, 0.05) is 7.05 Å². The van der Waals surface area contributed by atoms with Crippen molar-refractivity contribution in [3.8, 4) is 0 Å². The summed E-state index contributed by atoms with van der Waals surface area (Å²) in [5.41, 5.74) is 0.940. The molecular formula is C13H16N4O4S. The molecule has 0 saturated carbocycles. The van der Waals surface area contributed by atoms with Crippen LogP contribution < -0.4 is 4.72 Å². The number of nitrogens with one attached hydrogen (secondary N) is 1. The molecule has 1 atom stereocenters. The maximum atomic E-state index is 12.2. The van der Waals surface area contributed by atoms with Gasteiger partial charge < -0.3 is 5.11 Å². The molecule has 0 fully saturated rings. The Morgan fingerprint density at radius 3 is 2.59 bits per heavy atom. The summed E-state index contributed by atoms with van der Waals surface area (Å²) in [6, 6.07) is 8.04. The fraction of sp³-hybridized carbons (Fsp3) is 0.308. The maximum absolute atomic E-state index is 12.2. The number of aliphatic carboxylic acids is 1. The minimum Gasteiger partial charge on any atom is -0.480 e. The van der Waals surface area contributed by atoms with Gasteiger partial charge in [0.1, 0.15) is 6.04 Å². The number of hydrogen-bond acceptors (Lipinski definition) is 5. The number of sulfonamides is 1. The minimum absolute atomic E-state index is 0.143. The Kier molecular flexibility index (Phi) is 4.88. The second-order valence-electron chi connectivity index (χ2n) is 4.73. The van der Waals surface area contributed by atoms with Crippen molar-refractivity contribution in [1.82, 2.24) is 19.7 Å². The van der Waals surface area contributed by atoms with Crippen LogP contribution in [0, 0.1) is 0 Å². The largest absolute Gasteiger partial charge is 0.480 e. The molecule has 1 aromatic carbocycles. The van der Waals surface area contributed by atoms with E-state index in [9.17, 15) is 18.3 Å². The molecule has 1 heterocycles. The maximum Gasteiger partial charge on any atom is 0.321 e. The molecule has 0 aliphatic carbocycles. The minimum atomic E-state index is -3.99. The van der Waals surface area contributed by atoms with Crippen molar-refractivity contribution >= 4 is 16.0 Å². The smallest absolute Gasteiger partial charge is 0.321 e. The van der Waals surface area contributed by atoms with E-state index in [4.69, 9.17) is 0 Å². The van der Waals surface area contributed by atoms with Crippen LogP contribution in [0.1, 0.15) is 12.0 Å². The van der Waals surface area contributed by atoms with Crippen LogP contribution in [0.15, 0.2) is 41.6 Å². The second-order valence-corrected chi connectivity index (χ2v) is 6.39. The number of aromatic nitrogens is 3. The number of hydrogen-bond donors (Lipinski definition) is 2. The third-order valence-corrected chi connectivity index (χ3v) is 4.62. The average molecular weight is 324 g/mol. The number of nitrogens with zero attached hydrogens (tertiary/aromatic N) is 3. The summed E-state index contributed by atoms with van der Waals surface area (Å²) in [7, 11) is -2.57. The van der Waals surface area contributed by atoms with Gasteiger partial charge in [0.25, 0.3) is 10.0 Å². The van der Waals surface area contributed by atoms with Gasteiger partial charge in [0.15, 0.2) is 5.03 Å². The summed E-state index contributed by atoms with van der Waals surface area (Å²) in [5, 5.41) is 16.0. The van der Waals surface area contributed by atoms with Crippen molar-refractivity contribution in [2.75, 3.05) is 0 Å². The Labute approximate surface area is 127 Å². The number of carboxylic acids is 1. The molecule has 9 heteroatoms. The zero-order chi connectivity index (χ0) is 16.2. The molecule has 2 N–H and O–H groups in total. The summed E-state index contributed by atoms with van der Waals surface area (Å²) in [6.45, 7) is 0. The number of carboxylic acid groups (broad SMARTS) is 1. The monoisotopic (exact) mass is 324 g/mol. The van der Waals surface area contributed by atoms with Gasteiger partial charge in [-0.15, -0.1) is 5.10 Å². The van der Waals surface area contributed by atoms with E-state index in [0.717, 1.165) is 16.4 Å². The van der Waals surface area contributed by atoms with E-state index >= 15 is 0 Å². The summed E-state index contributed by atoms with van der Waals surface area (Å²) in [4.78, 5) is 11.3. The van der Waals surface area contributed by atoms with Crippen molar-refractivity contribution < 1.29 is 18.3 Å². The highest BCUT2D eigenvalue weighted by atomic mass is 32.2. The molecule has 2 rings (SSSR count). The third-order valence-electron chi connectivity index (χ3n) is 3.11. The molecule has 0 spiro atoms. The van der Waals surface area contributed by atoms with Crippen LogP contribution in [0.3, 0.4) is 0 Å². The first-order valence-electron chi connectivity index (χ1n) is 6.54. The van der Waals surface area contributed by atoms with E-state index < -0.39 is 22.0 Å². The fourth-order valence-electron chi connectivity index (χ4n) is 1.96. The van der Waals surface area contributed by atoms with Gasteiger partial charge in [-0.25, -0.2) is 13.1 Å². The quantitative estimate of drug-likeness (QED) is 0.751. The van der Waals surface area contributed by atoms with Crippen LogP contribution in [0.4, 0.5) is 0 Å². The zero-order valence-corrected chi connectivity index (χ0v) is 12.7. The lowest BCUT2D eigenvalue weighted by molar-refractivity contribution is -0.139. The van der Waals surface area contributed by atoms with Crippen LogP contribution in [0.25, 0.3) is 0 Å². The molecule has 0 saturated heterocycles. The fourth-order valence-corrected chi connectivity index (χ4v) is 3.24. The standard InChI is InChI=1S/C13H16N4O4S/c1-17-12(9-14-16-17)22(20,21)15-11(13(18)19)8-7-10-5-3-2-4-6-10/h2-6,9,11,15H,7-8H2,1H3,(H,18,19)/t11-/m0/s1. The number of carbonyl (C=O) groups is 1. The first-order valence-corrected chi connectivity index (χ1v) is 8.02. The molecule has 0 aliphatic rings. The number of rotatable bonds is 7. The highest BCUT2D eigenvalue weighted by molar-refractivity contribution is 7.89. The summed E-state index contributed by atoms with van der Waals surface area (Å²) >= 11 is 0. The van der Waals surface area contributed by atoms with Crippen molar-refractivity contribution in [2.45, 2.75) is 23.9 Å². The first kappa shape index (κ1) is 16.1. The zero-order valence-electron chi connectivity index (χ0n) is 11.9. The van der Waals surface area contributed by atoms with Crippen LogP contribution in [-0.2, 0) is 28.3 Å². The summed E-state index contributed by atoms with van der Waals surface area (Å²) in [6.07, 6.45) is 1.66. The molecule has 8 nitrogen and oxygen atoms in total. The van der Waals surface area contributed by atoms with E-state index in [2.05, 4.69) is 15.0 Å². The highest BCUT2D eigenvalue weighted by Gasteiger charge is 2.27. The number of aryl methyl sites for hydroxylation is 2. The Morgan fingerprint density at radius 1 is 1.36 bits per heavy atom. The van der Waals surface area contributed by atoms with Crippen molar-refractivity contribution in [2.24, 2.45) is 7.05 Å². The summed E-state index contributed by atoms with van der Waals surface area (Å²) in [5.74, 6) is -1.23. The van der Waals surface area contributed by atoms with E-state index in [1.807, 2.05) is 30.3 Å². The van der Waals surface area contributed by atoms with Gasteiger partial charge in [0.05, 0.1) is 6.20 Å². The Balaban J connectivity index is 2.09. The molecule has 0 radical (unpaired) electrons. The third kappa shape index (κ3) is 3.89. The van der Waals surface area contributed by atoms with Crippen molar-refractivity contribution in [1.29, 1.82) is 0 Å². The molecule has 0 unspecified atom stereocenters.